The molecule has 0 saturated carbocycles. The highest BCUT2D eigenvalue weighted by atomic mass is 35.5. The molecule has 0 aromatic heterocycles. The highest BCUT2D eigenvalue weighted by Gasteiger charge is 2.35. The van der Waals surface area contributed by atoms with Gasteiger partial charge < -0.3 is 4.90 Å². The highest BCUT2D eigenvalue weighted by Crippen LogP contribution is 2.26. The van der Waals surface area contributed by atoms with Gasteiger partial charge in [-0.1, -0.05) is 35.4 Å². The van der Waals surface area contributed by atoms with Crippen LogP contribution in [0.15, 0.2) is 42.5 Å². The van der Waals surface area contributed by atoms with Crippen LogP contribution in [-0.4, -0.2) is 36.8 Å². The summed E-state index contributed by atoms with van der Waals surface area (Å²) in [6, 6.07) is 10.8. The Morgan fingerprint density at radius 2 is 1.92 bits per heavy atom. The summed E-state index contributed by atoms with van der Waals surface area (Å²) >= 11 is 6.11. The third kappa shape index (κ3) is 4.07. The van der Waals surface area contributed by atoms with Crippen molar-refractivity contribution in [2.75, 3.05) is 11.5 Å². The number of benzene rings is 2. The summed E-state index contributed by atoms with van der Waals surface area (Å²) in [6.45, 7) is 1.84. The van der Waals surface area contributed by atoms with Gasteiger partial charge in [0.25, 0.3) is 5.91 Å². The summed E-state index contributed by atoms with van der Waals surface area (Å²) in [5.41, 5.74) is 1.64. The van der Waals surface area contributed by atoms with E-state index in [0.717, 1.165) is 5.56 Å². The zero-order valence-electron chi connectivity index (χ0n) is 14.3. The Kier molecular flexibility index (Phi) is 5.34. The van der Waals surface area contributed by atoms with Crippen molar-refractivity contribution >= 4 is 27.3 Å². The number of sulfone groups is 1. The van der Waals surface area contributed by atoms with Crippen molar-refractivity contribution in [3.05, 3.63) is 70.0 Å². The molecule has 2 aromatic rings. The number of carbonyl (C=O) groups is 1. The van der Waals surface area contributed by atoms with Crippen LogP contribution in [0.25, 0.3) is 0 Å². The summed E-state index contributed by atoms with van der Waals surface area (Å²) in [5, 5.41) is 0.215. The summed E-state index contributed by atoms with van der Waals surface area (Å²) in [5.74, 6) is -0.928. The van der Waals surface area contributed by atoms with Crippen molar-refractivity contribution in [3.63, 3.8) is 0 Å². The van der Waals surface area contributed by atoms with Crippen LogP contribution in [0.2, 0.25) is 5.02 Å². The SMILES string of the molecule is Cc1ccc(C(=O)N(Cc2c(F)cccc2Cl)C2CCS(=O)(=O)C2)cc1. The van der Waals surface area contributed by atoms with Gasteiger partial charge in [-0.05, 0) is 37.6 Å². The molecule has 0 radical (unpaired) electrons. The monoisotopic (exact) mass is 395 g/mol. The molecule has 1 aliphatic rings. The maximum Gasteiger partial charge on any atom is 0.254 e. The molecule has 1 heterocycles. The average molecular weight is 396 g/mol. The van der Waals surface area contributed by atoms with E-state index in [1.165, 1.54) is 17.0 Å². The molecule has 26 heavy (non-hydrogen) atoms. The highest BCUT2D eigenvalue weighted by molar-refractivity contribution is 7.91. The number of carbonyl (C=O) groups excluding carboxylic acids is 1. The van der Waals surface area contributed by atoms with Gasteiger partial charge in [0, 0.05) is 22.2 Å². The number of hydrogen-bond donors (Lipinski definition) is 0. The van der Waals surface area contributed by atoms with Crippen LogP contribution in [0, 0.1) is 12.7 Å². The lowest BCUT2D eigenvalue weighted by atomic mass is 10.1. The van der Waals surface area contributed by atoms with Crippen LogP contribution >= 0.6 is 11.6 Å². The van der Waals surface area contributed by atoms with Gasteiger partial charge in [0.15, 0.2) is 9.84 Å². The third-order valence-corrected chi connectivity index (χ3v) is 6.70. The third-order valence-electron chi connectivity index (χ3n) is 4.60. The molecule has 2 aromatic carbocycles. The van der Waals surface area contributed by atoms with E-state index in [4.69, 9.17) is 11.6 Å². The van der Waals surface area contributed by atoms with E-state index in [1.807, 2.05) is 19.1 Å². The zero-order chi connectivity index (χ0) is 18.9. The van der Waals surface area contributed by atoms with Crippen LogP contribution in [0.5, 0.6) is 0 Å². The van der Waals surface area contributed by atoms with Gasteiger partial charge in [-0.15, -0.1) is 0 Å². The Morgan fingerprint density at radius 1 is 1.23 bits per heavy atom. The lowest BCUT2D eigenvalue weighted by molar-refractivity contribution is 0.0679. The first-order valence-electron chi connectivity index (χ1n) is 8.28. The van der Waals surface area contributed by atoms with Crippen molar-refractivity contribution in [3.8, 4) is 0 Å². The molecular weight excluding hydrogens is 377 g/mol. The number of halogens is 2. The second kappa shape index (κ2) is 7.37. The molecule has 4 nitrogen and oxygen atoms in total. The molecule has 1 amide bonds. The van der Waals surface area contributed by atoms with Gasteiger partial charge in [0.2, 0.25) is 0 Å². The quantitative estimate of drug-likeness (QED) is 0.794. The van der Waals surface area contributed by atoms with E-state index in [-0.39, 0.29) is 34.5 Å². The largest absolute Gasteiger partial charge is 0.330 e. The summed E-state index contributed by atoms with van der Waals surface area (Å²) < 4.78 is 38.0. The van der Waals surface area contributed by atoms with Gasteiger partial charge in [-0.2, -0.15) is 0 Å². The number of amides is 1. The molecule has 0 spiro atoms. The second-order valence-electron chi connectivity index (χ2n) is 6.56. The smallest absolute Gasteiger partial charge is 0.254 e. The topological polar surface area (TPSA) is 54.5 Å². The van der Waals surface area contributed by atoms with Crippen LogP contribution in [0.3, 0.4) is 0 Å². The Hall–Kier alpha value is -1.92. The van der Waals surface area contributed by atoms with Crippen LogP contribution in [-0.2, 0) is 16.4 Å². The van der Waals surface area contributed by atoms with E-state index in [0.29, 0.717) is 12.0 Å². The van der Waals surface area contributed by atoms with E-state index < -0.39 is 21.7 Å². The molecule has 1 aliphatic heterocycles. The van der Waals surface area contributed by atoms with Gasteiger partial charge in [-0.3, -0.25) is 4.79 Å². The van der Waals surface area contributed by atoms with Crippen molar-refractivity contribution in [2.24, 2.45) is 0 Å². The molecule has 1 unspecified atom stereocenters. The molecule has 7 heteroatoms. The molecule has 138 valence electrons. The van der Waals surface area contributed by atoms with Crippen molar-refractivity contribution in [2.45, 2.75) is 25.9 Å². The minimum atomic E-state index is -3.20. The van der Waals surface area contributed by atoms with E-state index >= 15 is 0 Å². The van der Waals surface area contributed by atoms with Gasteiger partial charge >= 0.3 is 0 Å². The van der Waals surface area contributed by atoms with Gasteiger partial charge in [0.05, 0.1) is 18.1 Å². The zero-order valence-corrected chi connectivity index (χ0v) is 15.9. The predicted octanol–water partition coefficient (Wildman–Crippen LogP) is 3.62. The number of nitrogens with zero attached hydrogens (tertiary/aromatic N) is 1. The predicted molar refractivity (Wildman–Crippen MR) is 99.5 cm³/mol. The summed E-state index contributed by atoms with van der Waals surface area (Å²) in [7, 11) is -3.20. The Balaban J connectivity index is 1.96. The maximum atomic E-state index is 14.2. The molecule has 0 N–H and O–H groups in total. The van der Waals surface area contributed by atoms with Gasteiger partial charge in [0.1, 0.15) is 5.82 Å². The standard InChI is InChI=1S/C19H19ClFNO3S/c1-13-5-7-14(8-6-13)19(23)22(15-9-10-26(24,25)12-15)11-16-17(20)3-2-4-18(16)21/h2-8,15H,9-12H2,1H3. The van der Waals surface area contributed by atoms with Gasteiger partial charge in [-0.25, -0.2) is 12.8 Å². The molecule has 0 aliphatic carbocycles. The normalized spacial score (nSPS) is 18.7. The van der Waals surface area contributed by atoms with Crippen molar-refractivity contribution < 1.29 is 17.6 Å². The number of rotatable bonds is 4. The first-order valence-corrected chi connectivity index (χ1v) is 10.5. The minimum absolute atomic E-state index is 0.0281. The number of hydrogen-bond acceptors (Lipinski definition) is 3. The van der Waals surface area contributed by atoms with Crippen LogP contribution in [0.4, 0.5) is 4.39 Å². The Morgan fingerprint density at radius 3 is 2.50 bits per heavy atom. The van der Waals surface area contributed by atoms with Crippen LogP contribution < -0.4 is 0 Å². The fourth-order valence-corrected chi connectivity index (χ4v) is 5.06. The first-order chi connectivity index (χ1) is 12.3. The van der Waals surface area contributed by atoms with E-state index in [2.05, 4.69) is 0 Å². The summed E-state index contributed by atoms with van der Waals surface area (Å²) in [4.78, 5) is 14.5. The molecule has 1 saturated heterocycles. The van der Waals surface area contributed by atoms with E-state index in [1.54, 1.807) is 18.2 Å². The lowest BCUT2D eigenvalue weighted by Crippen LogP contribution is -2.41. The first kappa shape index (κ1) is 18.9. The fraction of sp³-hybridized carbons (Fsp3) is 0.316. The number of aryl methyl sites for hydroxylation is 1. The minimum Gasteiger partial charge on any atom is -0.330 e. The molecule has 3 rings (SSSR count). The maximum absolute atomic E-state index is 14.2. The fourth-order valence-electron chi connectivity index (χ4n) is 3.10. The van der Waals surface area contributed by atoms with Crippen molar-refractivity contribution in [1.82, 2.24) is 4.90 Å². The van der Waals surface area contributed by atoms with Crippen LogP contribution in [0.1, 0.15) is 27.9 Å². The molecule has 0 bridgehead atoms. The Labute approximate surface area is 157 Å². The summed E-state index contributed by atoms with van der Waals surface area (Å²) in [6.07, 6.45) is 0.339. The Bertz CT molecular complexity index is 908. The lowest BCUT2D eigenvalue weighted by Gasteiger charge is -2.29. The molecule has 1 atom stereocenters. The second-order valence-corrected chi connectivity index (χ2v) is 9.19. The molecular formula is C19H19ClFNO3S. The van der Waals surface area contributed by atoms with Crippen molar-refractivity contribution in [1.29, 1.82) is 0 Å². The molecule has 1 fully saturated rings. The van der Waals surface area contributed by atoms with E-state index in [9.17, 15) is 17.6 Å². The average Bonchev–Trinajstić information content (AvgIpc) is 2.94.